The normalized spacial score (nSPS) is 18.7. The number of aromatic nitrogens is 3. The summed E-state index contributed by atoms with van der Waals surface area (Å²) >= 11 is 5.97. The van der Waals surface area contributed by atoms with Gasteiger partial charge < -0.3 is 14.5 Å². The van der Waals surface area contributed by atoms with Crippen LogP contribution in [0.1, 0.15) is 27.8 Å². The van der Waals surface area contributed by atoms with Crippen LogP contribution in [0, 0.1) is 5.82 Å². The first-order valence-corrected chi connectivity index (χ1v) is 10.6. The Kier molecular flexibility index (Phi) is 5.33. The van der Waals surface area contributed by atoms with Gasteiger partial charge in [-0.15, -0.1) is 5.10 Å². The van der Waals surface area contributed by atoms with Crippen molar-refractivity contribution in [2.24, 2.45) is 0 Å². The van der Waals surface area contributed by atoms with Gasteiger partial charge in [0.2, 0.25) is 0 Å². The summed E-state index contributed by atoms with van der Waals surface area (Å²) < 4.78 is 20.8. The third kappa shape index (κ3) is 4.00. The molecule has 1 unspecified atom stereocenters. The van der Waals surface area contributed by atoms with Gasteiger partial charge in [0.15, 0.2) is 5.69 Å². The Hall–Kier alpha value is -2.97. The first kappa shape index (κ1) is 20.0. The molecule has 0 saturated carbocycles. The maximum atomic E-state index is 13.2. The van der Waals surface area contributed by atoms with Crippen LogP contribution in [0.15, 0.2) is 48.5 Å². The van der Waals surface area contributed by atoms with Crippen LogP contribution in [-0.4, -0.2) is 52.0 Å². The van der Waals surface area contributed by atoms with Gasteiger partial charge in [0.25, 0.3) is 5.91 Å². The van der Waals surface area contributed by atoms with Gasteiger partial charge in [-0.2, -0.15) is 0 Å². The molecule has 1 saturated heterocycles. The van der Waals surface area contributed by atoms with E-state index in [1.165, 1.54) is 12.1 Å². The molecular formula is C22H21ClFN5O2. The predicted octanol–water partition coefficient (Wildman–Crippen LogP) is 3.30. The van der Waals surface area contributed by atoms with Crippen LogP contribution in [0.25, 0.3) is 0 Å². The van der Waals surface area contributed by atoms with E-state index in [0.717, 1.165) is 24.3 Å². The van der Waals surface area contributed by atoms with Crippen LogP contribution in [-0.2, 0) is 17.9 Å². The second-order valence-corrected chi connectivity index (χ2v) is 8.11. The molecule has 0 spiro atoms. The highest BCUT2D eigenvalue weighted by atomic mass is 35.5. The molecule has 3 heterocycles. The molecule has 3 aromatic rings. The summed E-state index contributed by atoms with van der Waals surface area (Å²) in [5, 5.41) is 9.04. The van der Waals surface area contributed by atoms with Gasteiger partial charge in [-0.05, 0) is 42.0 Å². The lowest BCUT2D eigenvalue weighted by Gasteiger charge is -2.36. The number of hydrogen-bond acceptors (Lipinski definition) is 5. The Labute approximate surface area is 184 Å². The number of piperazine rings is 1. The van der Waals surface area contributed by atoms with Crippen molar-refractivity contribution in [1.82, 2.24) is 19.9 Å². The Morgan fingerprint density at radius 1 is 1.03 bits per heavy atom. The summed E-state index contributed by atoms with van der Waals surface area (Å²) in [6.07, 6.45) is -0.249. The Balaban J connectivity index is 1.24. The molecule has 2 aliphatic heterocycles. The van der Waals surface area contributed by atoms with Crippen LogP contribution in [0.2, 0.25) is 5.02 Å². The van der Waals surface area contributed by atoms with E-state index in [-0.39, 0.29) is 24.4 Å². The summed E-state index contributed by atoms with van der Waals surface area (Å²) in [6, 6.07) is 14.0. The molecule has 0 radical (unpaired) electrons. The maximum Gasteiger partial charge on any atom is 0.276 e. The number of benzene rings is 2. The average molecular weight is 442 g/mol. The van der Waals surface area contributed by atoms with Crippen molar-refractivity contribution in [3.63, 3.8) is 0 Å². The largest absolute Gasteiger partial charge is 0.368 e. The van der Waals surface area contributed by atoms with E-state index in [1.807, 2.05) is 29.2 Å². The lowest BCUT2D eigenvalue weighted by atomic mass is 10.1. The molecule has 2 aliphatic rings. The molecular weight excluding hydrogens is 421 g/mol. The fourth-order valence-electron chi connectivity index (χ4n) is 4.03. The van der Waals surface area contributed by atoms with E-state index in [9.17, 15) is 9.18 Å². The number of amides is 1. The summed E-state index contributed by atoms with van der Waals surface area (Å²) in [6.45, 7) is 3.35. The monoisotopic (exact) mass is 441 g/mol. The van der Waals surface area contributed by atoms with Gasteiger partial charge in [0.05, 0.1) is 18.8 Å². The predicted molar refractivity (Wildman–Crippen MR) is 114 cm³/mol. The van der Waals surface area contributed by atoms with Crippen molar-refractivity contribution in [3.05, 3.63) is 76.3 Å². The van der Waals surface area contributed by atoms with E-state index in [1.54, 1.807) is 16.8 Å². The number of anilines is 1. The number of fused-ring (bicyclic) bond motifs is 1. The highest BCUT2D eigenvalue weighted by Crippen LogP contribution is 2.28. The Morgan fingerprint density at radius 3 is 2.45 bits per heavy atom. The van der Waals surface area contributed by atoms with Crippen molar-refractivity contribution >= 4 is 23.2 Å². The van der Waals surface area contributed by atoms with Crippen LogP contribution < -0.4 is 4.90 Å². The first-order chi connectivity index (χ1) is 15.1. The third-order valence-corrected chi connectivity index (χ3v) is 6.05. The molecule has 0 aliphatic carbocycles. The summed E-state index contributed by atoms with van der Waals surface area (Å²) in [5.41, 5.74) is 2.99. The van der Waals surface area contributed by atoms with Gasteiger partial charge in [-0.25, -0.2) is 9.07 Å². The highest BCUT2D eigenvalue weighted by molar-refractivity contribution is 6.30. The number of hydrogen-bond donors (Lipinski definition) is 0. The highest BCUT2D eigenvalue weighted by Gasteiger charge is 2.31. The standard InChI is InChI=1S/C22H21ClFN5O2/c23-16-3-7-18(8-4-16)27-9-11-28(12-10-27)22(30)21-19-14-31-20(13-29(19)26-25-21)15-1-5-17(24)6-2-15/h1-8,20H,9-14H2. The zero-order valence-corrected chi connectivity index (χ0v) is 17.5. The number of halogens is 2. The molecule has 1 amide bonds. The number of rotatable bonds is 3. The topological polar surface area (TPSA) is 63.5 Å². The zero-order chi connectivity index (χ0) is 21.4. The molecule has 0 N–H and O–H groups in total. The number of carbonyl (C=O) groups is 1. The van der Waals surface area contributed by atoms with Crippen LogP contribution >= 0.6 is 11.6 Å². The van der Waals surface area contributed by atoms with E-state index in [2.05, 4.69) is 15.2 Å². The van der Waals surface area contributed by atoms with Gasteiger partial charge in [-0.1, -0.05) is 28.9 Å². The minimum atomic E-state index is -0.287. The van der Waals surface area contributed by atoms with Crippen molar-refractivity contribution < 1.29 is 13.9 Å². The molecule has 7 nitrogen and oxygen atoms in total. The molecule has 1 fully saturated rings. The maximum absolute atomic E-state index is 13.2. The fourth-order valence-corrected chi connectivity index (χ4v) is 4.15. The zero-order valence-electron chi connectivity index (χ0n) is 16.7. The molecule has 31 heavy (non-hydrogen) atoms. The van der Waals surface area contributed by atoms with Crippen molar-refractivity contribution in [3.8, 4) is 0 Å². The van der Waals surface area contributed by atoms with Crippen LogP contribution in [0.3, 0.4) is 0 Å². The molecule has 1 atom stereocenters. The fraction of sp³-hybridized carbons (Fsp3) is 0.318. The molecule has 9 heteroatoms. The number of ether oxygens (including phenoxy) is 1. The lowest BCUT2D eigenvalue weighted by molar-refractivity contribution is -0.00199. The molecule has 160 valence electrons. The van der Waals surface area contributed by atoms with E-state index >= 15 is 0 Å². The Bertz CT molecular complexity index is 1080. The van der Waals surface area contributed by atoms with Crippen LogP contribution in [0.4, 0.5) is 10.1 Å². The number of carbonyl (C=O) groups excluding carboxylic acids is 1. The van der Waals surface area contributed by atoms with Gasteiger partial charge in [0.1, 0.15) is 11.9 Å². The van der Waals surface area contributed by atoms with E-state index in [4.69, 9.17) is 16.3 Å². The molecule has 2 aromatic carbocycles. The molecule has 0 bridgehead atoms. The number of nitrogens with zero attached hydrogens (tertiary/aromatic N) is 5. The SMILES string of the molecule is O=C(c1nnn2c1COC(c1ccc(F)cc1)C2)N1CCN(c2ccc(Cl)cc2)CC1. The lowest BCUT2D eigenvalue weighted by Crippen LogP contribution is -2.49. The van der Waals surface area contributed by atoms with E-state index in [0.29, 0.717) is 36.0 Å². The minimum Gasteiger partial charge on any atom is -0.368 e. The van der Waals surface area contributed by atoms with Crippen molar-refractivity contribution in [1.29, 1.82) is 0 Å². The quantitative estimate of drug-likeness (QED) is 0.624. The second-order valence-electron chi connectivity index (χ2n) is 7.67. The minimum absolute atomic E-state index is 0.124. The van der Waals surface area contributed by atoms with E-state index < -0.39 is 0 Å². The third-order valence-electron chi connectivity index (χ3n) is 5.80. The van der Waals surface area contributed by atoms with Gasteiger partial charge in [-0.3, -0.25) is 4.79 Å². The summed E-state index contributed by atoms with van der Waals surface area (Å²) in [7, 11) is 0. The first-order valence-electron chi connectivity index (χ1n) is 10.2. The van der Waals surface area contributed by atoms with Crippen LogP contribution in [0.5, 0.6) is 0 Å². The summed E-state index contributed by atoms with van der Waals surface area (Å²) in [5.74, 6) is -0.411. The van der Waals surface area contributed by atoms with Gasteiger partial charge >= 0.3 is 0 Å². The second kappa shape index (κ2) is 8.28. The average Bonchev–Trinajstić information content (AvgIpc) is 3.23. The van der Waals surface area contributed by atoms with Gasteiger partial charge in [0, 0.05) is 36.9 Å². The van der Waals surface area contributed by atoms with Crippen molar-refractivity contribution in [2.75, 3.05) is 31.1 Å². The molecule has 1 aromatic heterocycles. The summed E-state index contributed by atoms with van der Waals surface area (Å²) in [4.78, 5) is 17.1. The Morgan fingerprint density at radius 2 is 1.74 bits per heavy atom. The molecule has 5 rings (SSSR count). The van der Waals surface area contributed by atoms with Crippen molar-refractivity contribution in [2.45, 2.75) is 19.3 Å². The smallest absolute Gasteiger partial charge is 0.276 e.